The minimum absolute atomic E-state index is 0.300. The van der Waals surface area contributed by atoms with E-state index < -0.39 is 22.1 Å². The van der Waals surface area contributed by atoms with Crippen molar-refractivity contribution in [2.24, 2.45) is 0 Å². The van der Waals surface area contributed by atoms with E-state index >= 15 is 0 Å². The Morgan fingerprint density at radius 1 is 0.867 bits per heavy atom. The number of hydrogen-bond acceptors (Lipinski definition) is 3. The average Bonchev–Trinajstić information content (AvgIpc) is 2.79. The van der Waals surface area contributed by atoms with Crippen LogP contribution in [0.3, 0.4) is 0 Å². The van der Waals surface area contributed by atoms with Gasteiger partial charge in [0.25, 0.3) is 0 Å². The molecule has 0 spiro atoms. The van der Waals surface area contributed by atoms with Crippen molar-refractivity contribution in [2.75, 3.05) is 13.2 Å². The van der Waals surface area contributed by atoms with E-state index in [-0.39, 0.29) is 0 Å². The van der Waals surface area contributed by atoms with Gasteiger partial charge < -0.3 is 4.74 Å². The molecule has 0 unspecified atom stereocenters. The highest BCUT2D eigenvalue weighted by molar-refractivity contribution is 7.89. The second-order valence-electron chi connectivity index (χ2n) is 7.45. The number of benzene rings is 3. The molecule has 0 radical (unpaired) electrons. The van der Waals surface area contributed by atoms with Gasteiger partial charge in [-0.15, -0.1) is 0 Å². The fourth-order valence-corrected chi connectivity index (χ4v) is 5.43. The van der Waals surface area contributed by atoms with Gasteiger partial charge in [0, 0.05) is 0 Å². The molecule has 2 atom stereocenters. The Kier molecular flexibility index (Phi) is 6.13. The van der Waals surface area contributed by atoms with Crippen molar-refractivity contribution in [3.8, 4) is 0 Å². The van der Waals surface area contributed by atoms with E-state index in [0.717, 1.165) is 16.7 Å². The van der Waals surface area contributed by atoms with E-state index in [0.29, 0.717) is 18.1 Å². The summed E-state index contributed by atoms with van der Waals surface area (Å²) in [5.74, 6) is 0. The van der Waals surface area contributed by atoms with E-state index in [1.54, 1.807) is 16.4 Å². The molecule has 154 valence electrons. The number of rotatable bonds is 5. The third-order valence-corrected chi connectivity index (χ3v) is 7.24. The van der Waals surface area contributed by atoms with Gasteiger partial charge in [0.1, 0.15) is 0 Å². The molecule has 3 aromatic carbocycles. The number of nitrogens with zero attached hydrogens (tertiary/aromatic N) is 1. The summed E-state index contributed by atoms with van der Waals surface area (Å²) < 4.78 is 34.9. The number of sulfonamides is 1. The van der Waals surface area contributed by atoms with Crippen LogP contribution in [0.15, 0.2) is 95.9 Å². The van der Waals surface area contributed by atoms with Crippen molar-refractivity contribution < 1.29 is 13.2 Å². The molecule has 0 aliphatic carbocycles. The molecule has 0 bridgehead atoms. The Morgan fingerprint density at radius 3 is 2.17 bits per heavy atom. The van der Waals surface area contributed by atoms with Crippen molar-refractivity contribution >= 4 is 16.1 Å². The van der Waals surface area contributed by atoms with Crippen LogP contribution in [-0.4, -0.2) is 32.0 Å². The van der Waals surface area contributed by atoms with Crippen LogP contribution >= 0.6 is 0 Å². The molecule has 1 heterocycles. The zero-order valence-corrected chi connectivity index (χ0v) is 17.7. The maximum Gasteiger partial charge on any atom is 0.244 e. The van der Waals surface area contributed by atoms with Gasteiger partial charge in [-0.25, -0.2) is 8.42 Å². The molecular weight excluding hydrogens is 394 g/mol. The summed E-state index contributed by atoms with van der Waals surface area (Å²) in [6.07, 6.45) is 3.88. The van der Waals surface area contributed by atoms with Gasteiger partial charge in [-0.05, 0) is 30.2 Å². The molecule has 5 heteroatoms. The van der Waals surface area contributed by atoms with Gasteiger partial charge in [0.2, 0.25) is 10.0 Å². The first-order chi connectivity index (χ1) is 14.6. The number of hydrogen-bond donors (Lipinski definition) is 0. The Morgan fingerprint density at radius 2 is 1.50 bits per heavy atom. The van der Waals surface area contributed by atoms with Gasteiger partial charge in [0.05, 0.1) is 30.2 Å². The zero-order chi connectivity index (χ0) is 21.0. The van der Waals surface area contributed by atoms with Crippen LogP contribution in [0.25, 0.3) is 6.08 Å². The van der Waals surface area contributed by atoms with Gasteiger partial charge in [-0.2, -0.15) is 4.31 Å². The number of aryl methyl sites for hydroxylation is 1. The minimum atomic E-state index is -3.73. The molecule has 0 N–H and O–H groups in total. The minimum Gasteiger partial charge on any atom is -0.377 e. The first-order valence-electron chi connectivity index (χ1n) is 10.0. The van der Waals surface area contributed by atoms with Crippen molar-refractivity contribution in [1.29, 1.82) is 0 Å². The van der Waals surface area contributed by atoms with Crippen LogP contribution in [0.5, 0.6) is 0 Å². The number of ether oxygens (including phenoxy) is 1. The SMILES string of the molecule is Cc1ccc(S(=O)(=O)N2[C@H](/C=C/c3ccccc3)COC[C@@H]2c2ccccc2)cc1. The maximum absolute atomic E-state index is 13.7. The largest absolute Gasteiger partial charge is 0.377 e. The third kappa shape index (κ3) is 4.38. The monoisotopic (exact) mass is 419 g/mol. The van der Waals surface area contributed by atoms with Gasteiger partial charge >= 0.3 is 0 Å². The van der Waals surface area contributed by atoms with Crippen molar-refractivity contribution in [3.05, 3.63) is 108 Å². The van der Waals surface area contributed by atoms with E-state index in [9.17, 15) is 8.42 Å². The molecule has 1 aliphatic rings. The molecule has 1 fully saturated rings. The molecule has 1 aliphatic heterocycles. The second-order valence-corrected chi connectivity index (χ2v) is 9.29. The lowest BCUT2D eigenvalue weighted by atomic mass is 10.0. The lowest BCUT2D eigenvalue weighted by Gasteiger charge is -2.40. The topological polar surface area (TPSA) is 46.6 Å². The molecule has 1 saturated heterocycles. The zero-order valence-electron chi connectivity index (χ0n) is 16.9. The number of morpholine rings is 1. The van der Waals surface area contributed by atoms with Gasteiger partial charge in [0.15, 0.2) is 0 Å². The molecule has 4 nitrogen and oxygen atoms in total. The van der Waals surface area contributed by atoms with Crippen LogP contribution < -0.4 is 0 Å². The average molecular weight is 420 g/mol. The summed E-state index contributed by atoms with van der Waals surface area (Å²) in [5, 5.41) is 0. The molecule has 0 amide bonds. The molecule has 4 rings (SSSR count). The summed E-state index contributed by atoms with van der Waals surface area (Å²) >= 11 is 0. The lowest BCUT2D eigenvalue weighted by molar-refractivity contribution is 0.00849. The lowest BCUT2D eigenvalue weighted by Crippen LogP contribution is -2.49. The Hall–Kier alpha value is -2.73. The Labute approximate surface area is 178 Å². The Balaban J connectivity index is 1.76. The van der Waals surface area contributed by atoms with Gasteiger partial charge in [-0.3, -0.25) is 0 Å². The fraction of sp³-hybridized carbons (Fsp3) is 0.200. The van der Waals surface area contributed by atoms with Crippen LogP contribution in [0.4, 0.5) is 0 Å². The second kappa shape index (κ2) is 8.96. The summed E-state index contributed by atoms with van der Waals surface area (Å²) in [5.41, 5.74) is 2.97. The summed E-state index contributed by atoms with van der Waals surface area (Å²) in [7, 11) is -3.73. The molecular formula is C25H25NO3S. The van der Waals surface area contributed by atoms with E-state index in [1.807, 2.05) is 91.9 Å². The van der Waals surface area contributed by atoms with E-state index in [4.69, 9.17) is 4.74 Å². The van der Waals surface area contributed by atoms with Crippen LogP contribution in [-0.2, 0) is 14.8 Å². The summed E-state index contributed by atoms with van der Waals surface area (Å²) in [4.78, 5) is 0.300. The van der Waals surface area contributed by atoms with E-state index in [1.165, 1.54) is 0 Å². The molecule has 0 saturated carbocycles. The van der Waals surface area contributed by atoms with Crippen molar-refractivity contribution in [3.63, 3.8) is 0 Å². The van der Waals surface area contributed by atoms with Crippen LogP contribution in [0.2, 0.25) is 0 Å². The molecule has 3 aromatic rings. The molecule has 0 aromatic heterocycles. The fourth-order valence-electron chi connectivity index (χ4n) is 3.70. The predicted molar refractivity (Wildman–Crippen MR) is 119 cm³/mol. The van der Waals surface area contributed by atoms with Crippen LogP contribution in [0, 0.1) is 6.92 Å². The summed E-state index contributed by atoms with van der Waals surface area (Å²) in [6, 6.07) is 25.8. The first-order valence-corrected chi connectivity index (χ1v) is 11.5. The van der Waals surface area contributed by atoms with E-state index in [2.05, 4.69) is 0 Å². The highest BCUT2D eigenvalue weighted by Gasteiger charge is 2.40. The normalized spacial score (nSPS) is 20.4. The van der Waals surface area contributed by atoms with Crippen LogP contribution in [0.1, 0.15) is 22.7 Å². The first kappa shape index (κ1) is 20.5. The maximum atomic E-state index is 13.7. The standard InChI is InChI=1S/C25H25NO3S/c1-20-12-16-24(17-13-20)30(27,28)26-23(15-14-21-8-4-2-5-9-21)18-29-19-25(26)22-10-6-3-7-11-22/h2-17,23,25H,18-19H2,1H3/b15-14+/t23-,25-/m1/s1. The molecule has 30 heavy (non-hydrogen) atoms. The van der Waals surface area contributed by atoms with Crippen molar-refractivity contribution in [2.45, 2.75) is 23.9 Å². The highest BCUT2D eigenvalue weighted by atomic mass is 32.2. The Bertz CT molecular complexity index is 1090. The summed E-state index contributed by atoms with van der Waals surface area (Å²) in [6.45, 7) is 2.59. The smallest absolute Gasteiger partial charge is 0.244 e. The van der Waals surface area contributed by atoms with Crippen molar-refractivity contribution in [1.82, 2.24) is 4.31 Å². The third-order valence-electron chi connectivity index (χ3n) is 5.29. The quantitative estimate of drug-likeness (QED) is 0.595. The van der Waals surface area contributed by atoms with Gasteiger partial charge in [-0.1, -0.05) is 90.5 Å². The highest BCUT2D eigenvalue weighted by Crippen LogP contribution is 2.34. The predicted octanol–water partition coefficient (Wildman–Crippen LogP) is 4.84.